The van der Waals surface area contributed by atoms with Crippen LogP contribution in [0.5, 0.6) is 11.5 Å². The normalized spacial score (nSPS) is 11.4. The molecule has 50 heavy (non-hydrogen) atoms. The van der Waals surface area contributed by atoms with Gasteiger partial charge in [-0.1, -0.05) is 119 Å². The van der Waals surface area contributed by atoms with E-state index in [2.05, 4.69) is 86.6 Å². The molecule has 0 aliphatic rings. The van der Waals surface area contributed by atoms with Gasteiger partial charge in [0.25, 0.3) is 0 Å². The molecule has 8 aromatic carbocycles. The Hall–Kier alpha value is -6.26. The first-order valence-electron chi connectivity index (χ1n) is 16.7. The summed E-state index contributed by atoms with van der Waals surface area (Å²) in [6.07, 6.45) is 0. The van der Waals surface area contributed by atoms with E-state index in [0.717, 1.165) is 76.5 Å². The van der Waals surface area contributed by atoms with Gasteiger partial charge in [0.15, 0.2) is 0 Å². The van der Waals surface area contributed by atoms with E-state index in [0.29, 0.717) is 22.6 Å². The van der Waals surface area contributed by atoms with Crippen LogP contribution in [-0.2, 0) is 0 Å². The van der Waals surface area contributed by atoms with Crippen LogP contribution in [-0.4, -0.2) is 11.9 Å². The zero-order valence-electron chi connectivity index (χ0n) is 28.3. The number of carbonyl (C=O) groups excluding carboxylic acids is 2. The van der Waals surface area contributed by atoms with Gasteiger partial charge in [0.1, 0.15) is 11.5 Å². The molecule has 0 aromatic heterocycles. The third-order valence-electron chi connectivity index (χ3n) is 9.41. The third-order valence-corrected chi connectivity index (χ3v) is 9.41. The van der Waals surface area contributed by atoms with Crippen molar-refractivity contribution in [2.24, 2.45) is 0 Å². The first kappa shape index (κ1) is 31.0. The monoisotopic (exact) mass is 650 g/mol. The molecule has 0 aliphatic carbocycles. The van der Waals surface area contributed by atoms with E-state index < -0.39 is 11.9 Å². The minimum Gasteiger partial charge on any atom is -0.422 e. The molecule has 4 nitrogen and oxygen atoms in total. The average Bonchev–Trinajstić information content (AvgIpc) is 3.13. The Kier molecular flexibility index (Phi) is 7.65. The van der Waals surface area contributed by atoms with Crippen LogP contribution in [0.15, 0.2) is 133 Å². The summed E-state index contributed by atoms with van der Waals surface area (Å²) in [4.78, 5) is 27.2. The van der Waals surface area contributed by atoms with Gasteiger partial charge in [-0.3, -0.25) is 0 Å². The molecular formula is C46H34O4. The second-order valence-electron chi connectivity index (χ2n) is 13.1. The van der Waals surface area contributed by atoms with Crippen molar-refractivity contribution in [3.8, 4) is 22.6 Å². The Morgan fingerprint density at radius 3 is 1.04 bits per heavy atom. The van der Waals surface area contributed by atoms with Crippen molar-refractivity contribution in [1.82, 2.24) is 0 Å². The van der Waals surface area contributed by atoms with Crippen LogP contribution in [0.3, 0.4) is 0 Å². The van der Waals surface area contributed by atoms with Crippen molar-refractivity contribution in [3.63, 3.8) is 0 Å². The summed E-state index contributed by atoms with van der Waals surface area (Å²) in [5.41, 5.74) is 7.31. The average molecular weight is 651 g/mol. The van der Waals surface area contributed by atoms with Gasteiger partial charge in [0.2, 0.25) is 0 Å². The molecule has 0 radical (unpaired) electrons. The van der Waals surface area contributed by atoms with Gasteiger partial charge in [0, 0.05) is 21.5 Å². The highest BCUT2D eigenvalue weighted by atomic mass is 16.5. The Labute approximate surface area is 290 Å². The van der Waals surface area contributed by atoms with E-state index in [-0.39, 0.29) is 0 Å². The predicted molar refractivity (Wildman–Crippen MR) is 204 cm³/mol. The van der Waals surface area contributed by atoms with Gasteiger partial charge in [-0.25, -0.2) is 9.59 Å². The SMILES string of the molecule is Cc1ccc2c(-c3c4ccc(C)cc4c(OC(=O)c4ccccc4)c4ccc(C)cc34)c3cc(C)ccc3c(OC(=O)c3ccccc3)c2c1. The highest BCUT2D eigenvalue weighted by Crippen LogP contribution is 2.50. The van der Waals surface area contributed by atoms with Crippen LogP contribution in [0.4, 0.5) is 0 Å². The quantitative estimate of drug-likeness (QED) is 0.106. The molecule has 0 saturated heterocycles. The number of hydrogen-bond donors (Lipinski definition) is 0. The summed E-state index contributed by atoms with van der Waals surface area (Å²) in [6, 6.07) is 43.4. The van der Waals surface area contributed by atoms with Crippen LogP contribution in [0.2, 0.25) is 0 Å². The number of rotatable bonds is 5. The highest BCUT2D eigenvalue weighted by Gasteiger charge is 2.25. The molecular weight excluding hydrogens is 617 g/mol. The van der Waals surface area contributed by atoms with Crippen molar-refractivity contribution >= 4 is 55.0 Å². The number of carbonyl (C=O) groups is 2. The van der Waals surface area contributed by atoms with E-state index in [1.54, 1.807) is 24.3 Å². The molecule has 8 rings (SSSR count). The zero-order chi connectivity index (χ0) is 34.5. The molecule has 0 unspecified atom stereocenters. The second-order valence-corrected chi connectivity index (χ2v) is 13.1. The smallest absolute Gasteiger partial charge is 0.343 e. The van der Waals surface area contributed by atoms with Crippen molar-refractivity contribution in [2.45, 2.75) is 27.7 Å². The standard InChI is InChI=1S/C46H34O4/c1-27-17-21-35-37(23-27)41(33-19-15-29(3)25-39(33)43(35)49-45(47)31-11-7-5-8-12-31)42-34-20-16-30(4)26-40(34)44(36-22-18-28(2)24-38(36)42)50-46(48)32-13-9-6-10-14-32/h5-26H,1-4H3. The fourth-order valence-corrected chi connectivity index (χ4v) is 7.04. The van der Waals surface area contributed by atoms with Crippen molar-refractivity contribution in [3.05, 3.63) is 167 Å². The van der Waals surface area contributed by atoms with Gasteiger partial charge < -0.3 is 9.47 Å². The summed E-state index contributed by atoms with van der Waals surface area (Å²) in [7, 11) is 0. The first-order valence-corrected chi connectivity index (χ1v) is 16.7. The minimum absolute atomic E-state index is 0.408. The van der Waals surface area contributed by atoms with E-state index >= 15 is 0 Å². The van der Waals surface area contributed by atoms with Gasteiger partial charge >= 0.3 is 11.9 Å². The zero-order valence-corrected chi connectivity index (χ0v) is 28.3. The van der Waals surface area contributed by atoms with Crippen LogP contribution in [0.25, 0.3) is 54.2 Å². The molecule has 0 N–H and O–H groups in total. The minimum atomic E-state index is -0.408. The summed E-state index contributed by atoms with van der Waals surface area (Å²) in [6.45, 7) is 8.25. The first-order chi connectivity index (χ1) is 24.3. The van der Waals surface area contributed by atoms with Crippen LogP contribution >= 0.6 is 0 Å². The maximum Gasteiger partial charge on any atom is 0.343 e. The summed E-state index contributed by atoms with van der Waals surface area (Å²) < 4.78 is 12.7. The van der Waals surface area contributed by atoms with Crippen LogP contribution in [0, 0.1) is 27.7 Å². The van der Waals surface area contributed by atoms with E-state index in [1.807, 2.05) is 50.2 Å². The van der Waals surface area contributed by atoms with E-state index in [4.69, 9.17) is 9.47 Å². The summed E-state index contributed by atoms with van der Waals surface area (Å²) >= 11 is 0. The molecule has 0 amide bonds. The molecule has 8 aromatic rings. The highest BCUT2D eigenvalue weighted by molar-refractivity contribution is 6.27. The summed E-state index contributed by atoms with van der Waals surface area (Å²) in [5, 5.41) is 7.24. The molecule has 0 atom stereocenters. The number of esters is 2. The van der Waals surface area contributed by atoms with E-state index in [1.165, 1.54) is 0 Å². The van der Waals surface area contributed by atoms with Gasteiger partial charge in [0.05, 0.1) is 11.1 Å². The maximum atomic E-state index is 13.6. The molecule has 242 valence electrons. The van der Waals surface area contributed by atoms with Gasteiger partial charge in [-0.2, -0.15) is 0 Å². The lowest BCUT2D eigenvalue weighted by molar-refractivity contribution is 0.0730. The fourth-order valence-electron chi connectivity index (χ4n) is 7.04. The summed E-state index contributed by atoms with van der Waals surface area (Å²) in [5.74, 6) is 0.250. The molecule has 0 spiro atoms. The Morgan fingerprint density at radius 1 is 0.360 bits per heavy atom. The van der Waals surface area contributed by atoms with Crippen molar-refractivity contribution in [1.29, 1.82) is 0 Å². The van der Waals surface area contributed by atoms with Gasteiger partial charge in [-0.05, 0) is 96.8 Å². The molecule has 0 bridgehead atoms. The van der Waals surface area contributed by atoms with Crippen LogP contribution < -0.4 is 9.47 Å². The number of ether oxygens (including phenoxy) is 2. The molecule has 0 heterocycles. The fraction of sp³-hybridized carbons (Fsp3) is 0.0870. The topological polar surface area (TPSA) is 52.6 Å². The molecule has 4 heteroatoms. The predicted octanol–water partition coefficient (Wildman–Crippen LogP) is 11.6. The number of fused-ring (bicyclic) bond motifs is 4. The molecule has 0 aliphatic heterocycles. The molecule has 0 fully saturated rings. The van der Waals surface area contributed by atoms with E-state index in [9.17, 15) is 9.59 Å². The van der Waals surface area contributed by atoms with Crippen molar-refractivity contribution < 1.29 is 19.1 Å². The lowest BCUT2D eigenvalue weighted by atomic mass is 9.84. The third kappa shape index (κ3) is 5.36. The Balaban J connectivity index is 1.49. The Morgan fingerprint density at radius 2 is 0.680 bits per heavy atom. The van der Waals surface area contributed by atoms with Crippen LogP contribution in [0.1, 0.15) is 43.0 Å². The number of benzene rings is 8. The lowest BCUT2D eigenvalue weighted by Crippen LogP contribution is -2.10. The number of aryl methyl sites for hydroxylation is 4. The number of hydrogen-bond acceptors (Lipinski definition) is 4. The molecule has 0 saturated carbocycles. The van der Waals surface area contributed by atoms with Gasteiger partial charge in [-0.15, -0.1) is 0 Å². The Bertz CT molecular complexity index is 2470. The van der Waals surface area contributed by atoms with Crippen molar-refractivity contribution in [2.75, 3.05) is 0 Å². The lowest BCUT2D eigenvalue weighted by Gasteiger charge is -2.22. The second kappa shape index (κ2) is 12.3. The largest absolute Gasteiger partial charge is 0.422 e. The maximum absolute atomic E-state index is 13.6.